The van der Waals surface area contributed by atoms with Crippen LogP contribution in [0.2, 0.25) is 0 Å². The number of nitrogens with zero attached hydrogens (tertiary/aromatic N) is 2. The number of alkyl carbamates (subject to hydrolysis) is 1. The highest BCUT2D eigenvalue weighted by molar-refractivity contribution is 5.83. The Morgan fingerprint density at radius 1 is 1.20 bits per heavy atom. The quantitative estimate of drug-likeness (QED) is 0.746. The second kappa shape index (κ2) is 9.28. The van der Waals surface area contributed by atoms with Gasteiger partial charge in [0.1, 0.15) is 5.60 Å². The van der Waals surface area contributed by atoms with Crippen LogP contribution in [-0.4, -0.2) is 40.1 Å². The summed E-state index contributed by atoms with van der Waals surface area (Å²) in [6, 6.07) is 13.7. The lowest BCUT2D eigenvalue weighted by Gasteiger charge is -2.28. The van der Waals surface area contributed by atoms with E-state index in [0.29, 0.717) is 13.1 Å². The standard InChI is InChI=1S/C24H31N3O3/c1-17(26-23(29)30-24(2,3)4)15-27(16-18-9-8-12-25-14-18)22(28)21-13-20(21)19-10-6-5-7-11-19/h5-12,14,17,20-21H,13,15-16H2,1-4H3,(H,26,29)/t17-,20+,21+/m1/s1. The van der Waals surface area contributed by atoms with E-state index in [1.165, 1.54) is 5.56 Å². The van der Waals surface area contributed by atoms with Gasteiger partial charge in [-0.15, -0.1) is 0 Å². The van der Waals surface area contributed by atoms with E-state index in [0.717, 1.165) is 12.0 Å². The number of rotatable bonds is 7. The van der Waals surface area contributed by atoms with Crippen molar-refractivity contribution in [3.63, 3.8) is 0 Å². The van der Waals surface area contributed by atoms with Crippen LogP contribution in [0, 0.1) is 5.92 Å². The van der Waals surface area contributed by atoms with Crippen molar-refractivity contribution >= 4 is 12.0 Å². The summed E-state index contributed by atoms with van der Waals surface area (Å²) in [5, 5.41) is 2.84. The largest absolute Gasteiger partial charge is 0.444 e. The van der Waals surface area contributed by atoms with E-state index in [1.807, 2.05) is 62.9 Å². The molecule has 1 aromatic carbocycles. The zero-order valence-corrected chi connectivity index (χ0v) is 18.2. The summed E-state index contributed by atoms with van der Waals surface area (Å²) in [5.74, 6) is 0.368. The number of amides is 2. The van der Waals surface area contributed by atoms with Crippen molar-refractivity contribution in [2.75, 3.05) is 6.54 Å². The van der Waals surface area contributed by atoms with E-state index in [2.05, 4.69) is 22.4 Å². The highest BCUT2D eigenvalue weighted by atomic mass is 16.6. The van der Waals surface area contributed by atoms with Crippen LogP contribution in [0.4, 0.5) is 4.79 Å². The van der Waals surface area contributed by atoms with Crippen molar-refractivity contribution in [1.82, 2.24) is 15.2 Å². The lowest BCUT2D eigenvalue weighted by Crippen LogP contribution is -2.46. The normalized spacial score (nSPS) is 18.9. The van der Waals surface area contributed by atoms with Gasteiger partial charge < -0.3 is 15.0 Å². The van der Waals surface area contributed by atoms with Crippen LogP contribution in [0.3, 0.4) is 0 Å². The van der Waals surface area contributed by atoms with Crippen LogP contribution >= 0.6 is 0 Å². The van der Waals surface area contributed by atoms with Gasteiger partial charge in [0.15, 0.2) is 0 Å². The molecule has 0 aliphatic heterocycles. The van der Waals surface area contributed by atoms with Gasteiger partial charge in [0, 0.05) is 37.4 Å². The molecule has 30 heavy (non-hydrogen) atoms. The van der Waals surface area contributed by atoms with Gasteiger partial charge in [-0.25, -0.2) is 4.79 Å². The molecule has 1 aliphatic rings. The number of ether oxygens (including phenoxy) is 1. The summed E-state index contributed by atoms with van der Waals surface area (Å²) in [6.45, 7) is 8.23. The van der Waals surface area contributed by atoms with E-state index >= 15 is 0 Å². The summed E-state index contributed by atoms with van der Waals surface area (Å²) < 4.78 is 5.34. The number of benzene rings is 1. The molecule has 1 aromatic heterocycles. The number of carbonyl (C=O) groups excluding carboxylic acids is 2. The highest BCUT2D eigenvalue weighted by Crippen LogP contribution is 2.48. The van der Waals surface area contributed by atoms with Gasteiger partial charge in [0.2, 0.25) is 5.91 Å². The molecule has 0 radical (unpaired) electrons. The molecule has 0 unspecified atom stereocenters. The van der Waals surface area contributed by atoms with Crippen molar-refractivity contribution in [3.8, 4) is 0 Å². The second-order valence-corrected chi connectivity index (χ2v) is 8.99. The van der Waals surface area contributed by atoms with Crippen LogP contribution in [0.5, 0.6) is 0 Å². The van der Waals surface area contributed by atoms with Gasteiger partial charge in [0.05, 0.1) is 0 Å². The Labute approximate surface area is 178 Å². The Balaban J connectivity index is 1.66. The van der Waals surface area contributed by atoms with Crippen molar-refractivity contribution in [3.05, 3.63) is 66.0 Å². The minimum absolute atomic E-state index is 0.0159. The van der Waals surface area contributed by atoms with Crippen LogP contribution in [0.1, 0.15) is 51.2 Å². The summed E-state index contributed by atoms with van der Waals surface area (Å²) >= 11 is 0. The van der Waals surface area contributed by atoms with Crippen molar-refractivity contribution in [2.45, 2.75) is 58.2 Å². The third-order valence-electron chi connectivity index (χ3n) is 5.00. The molecule has 160 valence electrons. The van der Waals surface area contributed by atoms with E-state index in [9.17, 15) is 9.59 Å². The zero-order valence-electron chi connectivity index (χ0n) is 18.2. The molecule has 0 saturated heterocycles. The number of carbonyl (C=O) groups is 2. The fraction of sp³-hybridized carbons (Fsp3) is 0.458. The first kappa shape index (κ1) is 21.8. The minimum atomic E-state index is -0.564. The topological polar surface area (TPSA) is 71.5 Å². The van der Waals surface area contributed by atoms with Crippen LogP contribution in [0.15, 0.2) is 54.9 Å². The Morgan fingerprint density at radius 3 is 2.57 bits per heavy atom. The summed E-state index contributed by atoms with van der Waals surface area (Å²) in [7, 11) is 0. The van der Waals surface area contributed by atoms with Gasteiger partial charge in [0.25, 0.3) is 0 Å². The monoisotopic (exact) mass is 409 g/mol. The molecule has 6 heteroatoms. The smallest absolute Gasteiger partial charge is 0.407 e. The second-order valence-electron chi connectivity index (χ2n) is 8.99. The third kappa shape index (κ3) is 6.31. The van der Waals surface area contributed by atoms with Crippen LogP contribution in [-0.2, 0) is 16.1 Å². The number of aromatic nitrogens is 1. The van der Waals surface area contributed by atoms with Gasteiger partial charge in [-0.05, 0) is 57.2 Å². The lowest BCUT2D eigenvalue weighted by molar-refractivity contribution is -0.133. The molecule has 3 rings (SSSR count). The highest BCUT2D eigenvalue weighted by Gasteiger charge is 2.45. The van der Waals surface area contributed by atoms with Gasteiger partial charge in [-0.3, -0.25) is 9.78 Å². The first-order chi connectivity index (χ1) is 14.2. The first-order valence-corrected chi connectivity index (χ1v) is 10.4. The van der Waals surface area contributed by atoms with E-state index in [4.69, 9.17) is 4.74 Å². The van der Waals surface area contributed by atoms with Crippen LogP contribution in [0.25, 0.3) is 0 Å². The Bertz CT molecular complexity index is 849. The maximum absolute atomic E-state index is 13.3. The fourth-order valence-corrected chi connectivity index (χ4v) is 3.60. The van der Waals surface area contributed by atoms with Gasteiger partial charge >= 0.3 is 6.09 Å². The Kier molecular flexibility index (Phi) is 6.75. The van der Waals surface area contributed by atoms with Crippen molar-refractivity contribution in [1.29, 1.82) is 0 Å². The average Bonchev–Trinajstić information content (AvgIpc) is 3.47. The minimum Gasteiger partial charge on any atom is -0.444 e. The maximum atomic E-state index is 13.3. The number of nitrogens with one attached hydrogen (secondary N) is 1. The molecule has 2 aromatic rings. The average molecular weight is 410 g/mol. The summed E-state index contributed by atoms with van der Waals surface area (Å²) in [4.78, 5) is 31.4. The molecule has 1 heterocycles. The summed E-state index contributed by atoms with van der Waals surface area (Å²) in [6.07, 6.45) is 3.88. The van der Waals surface area contributed by atoms with E-state index in [-0.39, 0.29) is 23.8 Å². The number of hydrogen-bond donors (Lipinski definition) is 1. The molecular weight excluding hydrogens is 378 g/mol. The first-order valence-electron chi connectivity index (χ1n) is 10.4. The predicted octanol–water partition coefficient (Wildman–Crippen LogP) is 4.13. The van der Waals surface area contributed by atoms with Gasteiger partial charge in [-0.2, -0.15) is 0 Å². The summed E-state index contributed by atoms with van der Waals surface area (Å²) in [5.41, 5.74) is 1.61. The predicted molar refractivity (Wildman–Crippen MR) is 116 cm³/mol. The molecule has 1 fully saturated rings. The van der Waals surface area contributed by atoms with E-state index in [1.54, 1.807) is 12.4 Å². The maximum Gasteiger partial charge on any atom is 0.407 e. The molecule has 2 amide bonds. The lowest BCUT2D eigenvalue weighted by atomic mass is 10.1. The molecule has 0 spiro atoms. The Hall–Kier alpha value is -2.89. The zero-order chi connectivity index (χ0) is 21.7. The molecule has 1 saturated carbocycles. The van der Waals surface area contributed by atoms with Crippen molar-refractivity contribution in [2.24, 2.45) is 5.92 Å². The molecule has 0 bridgehead atoms. The fourth-order valence-electron chi connectivity index (χ4n) is 3.60. The molecule has 1 aliphatic carbocycles. The number of hydrogen-bond acceptors (Lipinski definition) is 4. The van der Waals surface area contributed by atoms with Crippen LogP contribution < -0.4 is 5.32 Å². The van der Waals surface area contributed by atoms with E-state index < -0.39 is 11.7 Å². The molecule has 1 N–H and O–H groups in total. The van der Waals surface area contributed by atoms with Crippen molar-refractivity contribution < 1.29 is 14.3 Å². The molecular formula is C24H31N3O3. The molecule has 3 atom stereocenters. The SMILES string of the molecule is C[C@H](CN(Cc1cccnc1)C(=O)[C@H]1C[C@H]1c1ccccc1)NC(=O)OC(C)(C)C. The third-order valence-corrected chi connectivity index (χ3v) is 5.00. The molecule has 6 nitrogen and oxygen atoms in total. The van der Waals surface area contributed by atoms with Gasteiger partial charge in [-0.1, -0.05) is 36.4 Å². The Morgan fingerprint density at radius 2 is 1.93 bits per heavy atom. The number of pyridine rings is 1.